The maximum absolute atomic E-state index is 13.4. The van der Waals surface area contributed by atoms with Crippen molar-refractivity contribution >= 4 is 11.7 Å². The summed E-state index contributed by atoms with van der Waals surface area (Å²) in [7, 11) is 1.59. The molecule has 5 saturated carbocycles. The summed E-state index contributed by atoms with van der Waals surface area (Å²) in [5, 5.41) is 13.5. The first kappa shape index (κ1) is 25.3. The number of oxime groups is 1. The van der Waals surface area contributed by atoms with Gasteiger partial charge in [0.1, 0.15) is 0 Å². The Morgan fingerprint density at radius 1 is 0.943 bits per heavy atom. The van der Waals surface area contributed by atoms with Gasteiger partial charge in [-0.2, -0.15) is 0 Å². The average molecular weight is 484 g/mol. The highest BCUT2D eigenvalue weighted by molar-refractivity contribution is 5.90. The SMILES string of the molecule is C=C(C)[C@@H]1CC[C@]2(C(=O)OC)CC[C@]3(C)[C@H](CC[C@@H]4[C@@]5(C)CC/C(=N\O)C(C)(C)[C@@H]5CC[C@]43C)[C@H]12. The van der Waals surface area contributed by atoms with E-state index in [0.29, 0.717) is 29.6 Å². The Kier molecular flexibility index (Phi) is 5.67. The van der Waals surface area contributed by atoms with Gasteiger partial charge in [0.15, 0.2) is 0 Å². The second kappa shape index (κ2) is 7.84. The number of hydrogen-bond donors (Lipinski definition) is 1. The first-order valence-electron chi connectivity index (χ1n) is 14.3. The fourth-order valence-corrected chi connectivity index (χ4v) is 11.7. The van der Waals surface area contributed by atoms with Crippen LogP contribution in [0, 0.1) is 56.7 Å². The molecule has 0 radical (unpaired) electrons. The van der Waals surface area contributed by atoms with Crippen LogP contribution in [0.2, 0.25) is 0 Å². The quantitative estimate of drug-likeness (QED) is 0.190. The highest BCUT2D eigenvalue weighted by Gasteiger charge is 2.72. The summed E-state index contributed by atoms with van der Waals surface area (Å²) < 4.78 is 5.50. The Balaban J connectivity index is 1.56. The number of fused-ring (bicyclic) bond motifs is 7. The summed E-state index contributed by atoms with van der Waals surface area (Å²) >= 11 is 0. The van der Waals surface area contributed by atoms with Gasteiger partial charge in [0.05, 0.1) is 18.2 Å². The second-order valence-electron chi connectivity index (χ2n) is 14.6. The summed E-state index contributed by atoms with van der Waals surface area (Å²) in [6.45, 7) is 19.1. The third-order valence-electron chi connectivity index (χ3n) is 13.6. The lowest BCUT2D eigenvalue weighted by molar-refractivity contribution is -0.230. The van der Waals surface area contributed by atoms with E-state index in [-0.39, 0.29) is 33.0 Å². The Morgan fingerprint density at radius 2 is 1.66 bits per heavy atom. The minimum atomic E-state index is -0.313. The number of ether oxygens (including phenoxy) is 1. The molecule has 0 aliphatic heterocycles. The van der Waals surface area contributed by atoms with Crippen LogP contribution in [-0.2, 0) is 9.53 Å². The molecular weight excluding hydrogens is 434 g/mol. The molecule has 0 bridgehead atoms. The Hall–Kier alpha value is -1.32. The number of esters is 1. The van der Waals surface area contributed by atoms with Crippen molar-refractivity contribution in [2.45, 2.75) is 106 Å². The van der Waals surface area contributed by atoms with Gasteiger partial charge in [-0.25, -0.2) is 0 Å². The molecule has 0 heterocycles. The summed E-state index contributed by atoms with van der Waals surface area (Å²) in [4.78, 5) is 13.4. The molecule has 0 aromatic carbocycles. The minimum Gasteiger partial charge on any atom is -0.469 e. The predicted octanol–water partition coefficient (Wildman–Crippen LogP) is 7.65. The molecule has 0 spiro atoms. The fraction of sp³-hybridized carbons (Fsp3) is 0.871. The van der Waals surface area contributed by atoms with Crippen LogP contribution in [0.15, 0.2) is 17.3 Å². The summed E-state index contributed by atoms with van der Waals surface area (Å²) in [5.41, 5.74) is 2.64. The zero-order valence-electron chi connectivity index (χ0n) is 23.4. The minimum absolute atomic E-state index is 0.0427. The van der Waals surface area contributed by atoms with Crippen molar-refractivity contribution < 1.29 is 14.7 Å². The van der Waals surface area contributed by atoms with Crippen molar-refractivity contribution in [1.29, 1.82) is 0 Å². The summed E-state index contributed by atoms with van der Waals surface area (Å²) in [6.07, 6.45) is 11.1. The monoisotopic (exact) mass is 483 g/mol. The van der Waals surface area contributed by atoms with Crippen LogP contribution >= 0.6 is 0 Å². The first-order valence-corrected chi connectivity index (χ1v) is 14.3. The van der Waals surface area contributed by atoms with Crippen molar-refractivity contribution in [3.8, 4) is 0 Å². The smallest absolute Gasteiger partial charge is 0.312 e. The van der Waals surface area contributed by atoms with E-state index in [9.17, 15) is 10.0 Å². The van der Waals surface area contributed by atoms with E-state index in [0.717, 1.165) is 44.2 Å². The number of nitrogens with zero attached hydrogens (tertiary/aromatic N) is 1. The lowest BCUT2D eigenvalue weighted by atomic mass is 9.32. The number of carbonyl (C=O) groups excluding carboxylic acids is 1. The van der Waals surface area contributed by atoms with Crippen LogP contribution in [0.5, 0.6) is 0 Å². The molecule has 0 saturated heterocycles. The van der Waals surface area contributed by atoms with E-state index in [2.05, 4.69) is 53.3 Å². The molecule has 5 fully saturated rings. The lowest BCUT2D eigenvalue weighted by Crippen LogP contribution is -2.66. The second-order valence-corrected chi connectivity index (χ2v) is 14.6. The van der Waals surface area contributed by atoms with Gasteiger partial charge in [0.2, 0.25) is 0 Å². The molecule has 4 heteroatoms. The van der Waals surface area contributed by atoms with E-state index in [1.165, 1.54) is 31.3 Å². The van der Waals surface area contributed by atoms with E-state index in [1.54, 1.807) is 7.11 Å². The van der Waals surface area contributed by atoms with Gasteiger partial charge in [-0.1, -0.05) is 51.9 Å². The van der Waals surface area contributed by atoms with Gasteiger partial charge in [-0.05, 0) is 117 Å². The maximum atomic E-state index is 13.4. The van der Waals surface area contributed by atoms with Crippen molar-refractivity contribution in [1.82, 2.24) is 0 Å². The Labute approximate surface area is 213 Å². The van der Waals surface area contributed by atoms with Crippen molar-refractivity contribution in [3.05, 3.63) is 12.2 Å². The topological polar surface area (TPSA) is 58.9 Å². The van der Waals surface area contributed by atoms with E-state index in [1.807, 2.05) is 0 Å². The molecule has 1 N–H and O–H groups in total. The van der Waals surface area contributed by atoms with Gasteiger partial charge >= 0.3 is 5.97 Å². The largest absolute Gasteiger partial charge is 0.469 e. The van der Waals surface area contributed by atoms with Gasteiger partial charge < -0.3 is 9.94 Å². The van der Waals surface area contributed by atoms with Gasteiger partial charge in [-0.3, -0.25) is 4.79 Å². The molecule has 5 rings (SSSR count). The first-order chi connectivity index (χ1) is 16.3. The maximum Gasteiger partial charge on any atom is 0.312 e. The van der Waals surface area contributed by atoms with Crippen molar-refractivity contribution in [2.24, 2.45) is 61.8 Å². The predicted molar refractivity (Wildman–Crippen MR) is 140 cm³/mol. The standard InChI is InChI=1S/C31H49NO3/c1-19(2)20-11-16-31(26(33)35-8)18-17-29(6)21(25(20)31)9-10-23-28(5)14-13-24(32-34)27(3,4)22(28)12-15-30(23,29)7/h20-23,25,34H,1,9-18H2,2-8H3/b32-24+/t20-,21+,22-,23+,25-,28-,29+,30+,31-/m0/s1. The van der Waals surface area contributed by atoms with E-state index >= 15 is 0 Å². The van der Waals surface area contributed by atoms with Gasteiger partial charge in [-0.15, -0.1) is 0 Å². The zero-order chi connectivity index (χ0) is 25.6. The Morgan fingerprint density at radius 3 is 2.29 bits per heavy atom. The van der Waals surface area contributed by atoms with Crippen molar-refractivity contribution in [2.75, 3.05) is 7.11 Å². The molecule has 0 amide bonds. The van der Waals surface area contributed by atoms with Crippen LogP contribution in [0.4, 0.5) is 0 Å². The molecule has 4 nitrogen and oxygen atoms in total. The molecular formula is C31H49NO3. The zero-order valence-corrected chi connectivity index (χ0v) is 23.4. The number of carbonyl (C=O) groups is 1. The molecule has 35 heavy (non-hydrogen) atoms. The van der Waals surface area contributed by atoms with Gasteiger partial charge in [0.25, 0.3) is 0 Å². The lowest BCUT2D eigenvalue weighted by Gasteiger charge is -2.72. The molecule has 0 aromatic heterocycles. The number of rotatable bonds is 2. The number of hydrogen-bond acceptors (Lipinski definition) is 4. The van der Waals surface area contributed by atoms with E-state index in [4.69, 9.17) is 4.74 Å². The molecule has 0 aromatic rings. The molecule has 5 aliphatic rings. The normalized spacial score (nSPS) is 51.5. The Bertz CT molecular complexity index is 953. The summed E-state index contributed by atoms with van der Waals surface area (Å²) in [5.74, 6) is 2.62. The molecule has 9 atom stereocenters. The van der Waals surface area contributed by atoms with E-state index < -0.39 is 0 Å². The highest BCUT2D eigenvalue weighted by atomic mass is 16.5. The average Bonchev–Trinajstić information content (AvgIpc) is 3.20. The highest BCUT2D eigenvalue weighted by Crippen LogP contribution is 2.77. The number of allylic oxidation sites excluding steroid dienone is 1. The molecule has 196 valence electrons. The summed E-state index contributed by atoms with van der Waals surface area (Å²) in [6, 6.07) is 0. The third-order valence-corrected chi connectivity index (χ3v) is 13.6. The number of methoxy groups -OCH3 is 1. The molecule has 0 unspecified atom stereocenters. The van der Waals surface area contributed by atoms with Crippen LogP contribution in [0.3, 0.4) is 0 Å². The van der Waals surface area contributed by atoms with Crippen LogP contribution in [0.25, 0.3) is 0 Å². The molecule has 5 aliphatic carbocycles. The fourth-order valence-electron chi connectivity index (χ4n) is 11.7. The van der Waals surface area contributed by atoms with Gasteiger partial charge in [0, 0.05) is 5.41 Å². The van der Waals surface area contributed by atoms with Crippen molar-refractivity contribution in [3.63, 3.8) is 0 Å². The third kappa shape index (κ3) is 2.98. The van der Waals surface area contributed by atoms with Crippen LogP contribution in [0.1, 0.15) is 106 Å². The van der Waals surface area contributed by atoms with Crippen LogP contribution in [-0.4, -0.2) is 24.0 Å². The van der Waals surface area contributed by atoms with Crippen LogP contribution < -0.4 is 0 Å².